The number of hydrogen-bond acceptors (Lipinski definition) is 3. The molecule has 0 aliphatic heterocycles. The first kappa shape index (κ1) is 18.7. The highest BCUT2D eigenvalue weighted by atomic mass is 35.5. The molecule has 0 fully saturated rings. The van der Waals surface area contributed by atoms with Gasteiger partial charge < -0.3 is 16.2 Å². The van der Waals surface area contributed by atoms with Gasteiger partial charge >= 0.3 is 5.97 Å². The number of likely N-dealkylation sites (N-methyl/N-ethyl adjacent to an activating group) is 1. The number of aliphatic carboxylic acids is 1. The fourth-order valence-corrected chi connectivity index (χ4v) is 0.881. The molecule has 1 atom stereocenters. The minimum absolute atomic E-state index is 0. The SMILES string of the molecule is CCN[C@@H](CCCN)C(=O)O.Cl.Cl. The highest BCUT2D eigenvalue weighted by Crippen LogP contribution is 1.95. The second kappa shape index (κ2) is 12.0. The van der Waals surface area contributed by atoms with Gasteiger partial charge in [-0.25, -0.2) is 0 Å². The van der Waals surface area contributed by atoms with Crippen LogP contribution in [-0.4, -0.2) is 30.2 Å². The molecule has 4 N–H and O–H groups in total. The monoisotopic (exact) mass is 232 g/mol. The van der Waals surface area contributed by atoms with Crippen LogP contribution in [0.4, 0.5) is 0 Å². The summed E-state index contributed by atoms with van der Waals surface area (Å²) in [6, 6.07) is -0.427. The zero-order valence-corrected chi connectivity index (χ0v) is 9.29. The molecule has 82 valence electrons. The first-order chi connectivity index (χ1) is 5.22. The molecule has 0 aliphatic rings. The van der Waals surface area contributed by atoms with Gasteiger partial charge in [-0.2, -0.15) is 0 Å². The third-order valence-corrected chi connectivity index (χ3v) is 1.45. The van der Waals surface area contributed by atoms with Crippen molar-refractivity contribution in [2.45, 2.75) is 25.8 Å². The van der Waals surface area contributed by atoms with Crippen LogP contribution in [0, 0.1) is 0 Å². The summed E-state index contributed by atoms with van der Waals surface area (Å²) >= 11 is 0. The van der Waals surface area contributed by atoms with Gasteiger partial charge in [0.15, 0.2) is 0 Å². The molecule has 0 saturated carbocycles. The van der Waals surface area contributed by atoms with E-state index in [1.807, 2.05) is 6.92 Å². The Morgan fingerprint density at radius 2 is 2.08 bits per heavy atom. The highest BCUT2D eigenvalue weighted by molar-refractivity contribution is 5.85. The predicted molar refractivity (Wildman–Crippen MR) is 57.9 cm³/mol. The Hall–Kier alpha value is -0.0300. The van der Waals surface area contributed by atoms with Crippen LogP contribution in [0.15, 0.2) is 0 Å². The fraction of sp³-hybridized carbons (Fsp3) is 0.857. The van der Waals surface area contributed by atoms with E-state index >= 15 is 0 Å². The summed E-state index contributed by atoms with van der Waals surface area (Å²) in [5.74, 6) is -0.791. The van der Waals surface area contributed by atoms with Crippen LogP contribution in [0.5, 0.6) is 0 Å². The van der Waals surface area contributed by atoms with E-state index in [1.165, 1.54) is 0 Å². The summed E-state index contributed by atoms with van der Waals surface area (Å²) in [6.45, 7) is 3.12. The van der Waals surface area contributed by atoms with Gasteiger partial charge in [0.05, 0.1) is 0 Å². The lowest BCUT2D eigenvalue weighted by Crippen LogP contribution is -2.36. The van der Waals surface area contributed by atoms with Crippen molar-refractivity contribution < 1.29 is 9.90 Å². The molecule has 0 radical (unpaired) electrons. The smallest absolute Gasteiger partial charge is 0.320 e. The van der Waals surface area contributed by atoms with Gasteiger partial charge in [0.25, 0.3) is 0 Å². The molecule has 0 aromatic carbocycles. The number of nitrogens with two attached hydrogens (primary N) is 1. The van der Waals surface area contributed by atoms with Crippen LogP contribution >= 0.6 is 24.8 Å². The molecular formula is C7H18Cl2N2O2. The third-order valence-electron chi connectivity index (χ3n) is 1.45. The summed E-state index contributed by atoms with van der Waals surface area (Å²) in [5, 5.41) is 11.5. The van der Waals surface area contributed by atoms with Crippen molar-refractivity contribution in [1.82, 2.24) is 5.32 Å². The van der Waals surface area contributed by atoms with Crippen molar-refractivity contribution in [2.24, 2.45) is 5.73 Å². The molecule has 6 heteroatoms. The second-order valence-electron chi connectivity index (χ2n) is 2.38. The first-order valence-electron chi connectivity index (χ1n) is 3.88. The van der Waals surface area contributed by atoms with E-state index in [-0.39, 0.29) is 24.8 Å². The second-order valence-corrected chi connectivity index (χ2v) is 2.38. The van der Waals surface area contributed by atoms with E-state index in [9.17, 15) is 4.79 Å². The molecule has 4 nitrogen and oxygen atoms in total. The zero-order chi connectivity index (χ0) is 8.69. The van der Waals surface area contributed by atoms with E-state index in [2.05, 4.69) is 5.32 Å². The number of carboxylic acid groups (broad SMARTS) is 1. The lowest BCUT2D eigenvalue weighted by Gasteiger charge is -2.11. The molecule has 0 bridgehead atoms. The predicted octanol–water partition coefficient (Wildman–Crippen LogP) is 0.632. The molecule has 0 aromatic heterocycles. The maximum atomic E-state index is 10.5. The normalized spacial score (nSPS) is 10.9. The minimum atomic E-state index is -0.791. The number of rotatable bonds is 6. The molecule has 0 aliphatic carbocycles. The van der Waals surface area contributed by atoms with Crippen molar-refractivity contribution in [3.8, 4) is 0 Å². The summed E-state index contributed by atoms with van der Waals surface area (Å²) in [5.41, 5.74) is 5.25. The summed E-state index contributed by atoms with van der Waals surface area (Å²) in [4.78, 5) is 10.5. The van der Waals surface area contributed by atoms with Crippen LogP contribution in [0.2, 0.25) is 0 Å². The van der Waals surface area contributed by atoms with Gasteiger partial charge in [-0.15, -0.1) is 24.8 Å². The van der Waals surface area contributed by atoms with Crippen molar-refractivity contribution in [1.29, 1.82) is 0 Å². The molecule has 0 amide bonds. The van der Waals surface area contributed by atoms with Gasteiger partial charge in [-0.1, -0.05) is 6.92 Å². The molecule has 0 rings (SSSR count). The van der Waals surface area contributed by atoms with E-state index in [4.69, 9.17) is 10.8 Å². The number of nitrogens with one attached hydrogen (secondary N) is 1. The van der Waals surface area contributed by atoms with Gasteiger partial charge in [0.1, 0.15) is 6.04 Å². The number of hydrogen-bond donors (Lipinski definition) is 3. The van der Waals surface area contributed by atoms with Gasteiger partial charge in [0, 0.05) is 0 Å². The standard InChI is InChI=1S/C7H16N2O2.2ClH/c1-2-9-6(7(10)11)4-3-5-8;;/h6,9H,2-5,8H2,1H3,(H,10,11);2*1H/t6-;;/m0../s1. The Morgan fingerprint density at radius 3 is 2.38 bits per heavy atom. The Balaban J connectivity index is -0.000000500. The summed E-state index contributed by atoms with van der Waals surface area (Å²) in [6.07, 6.45) is 1.36. The Morgan fingerprint density at radius 1 is 1.54 bits per heavy atom. The fourth-order valence-electron chi connectivity index (χ4n) is 0.881. The number of carbonyl (C=O) groups is 1. The molecule has 0 spiro atoms. The first-order valence-corrected chi connectivity index (χ1v) is 3.88. The lowest BCUT2D eigenvalue weighted by molar-refractivity contribution is -0.139. The topological polar surface area (TPSA) is 75.3 Å². The summed E-state index contributed by atoms with van der Waals surface area (Å²) in [7, 11) is 0. The van der Waals surface area contributed by atoms with Crippen LogP contribution in [0.25, 0.3) is 0 Å². The average molecular weight is 233 g/mol. The quantitative estimate of drug-likeness (QED) is 0.629. The third kappa shape index (κ3) is 9.89. The number of carboxylic acids is 1. The molecular weight excluding hydrogens is 215 g/mol. The Bertz CT molecular complexity index is 125. The molecule has 0 heterocycles. The van der Waals surface area contributed by atoms with E-state index in [0.29, 0.717) is 19.5 Å². The van der Waals surface area contributed by atoms with Gasteiger partial charge in [-0.05, 0) is 25.9 Å². The average Bonchev–Trinajstić information content (AvgIpc) is 1.97. The Kier molecular flexibility index (Phi) is 17.2. The van der Waals surface area contributed by atoms with Gasteiger partial charge in [0.2, 0.25) is 0 Å². The van der Waals surface area contributed by atoms with Gasteiger partial charge in [-0.3, -0.25) is 4.79 Å². The maximum absolute atomic E-state index is 10.5. The van der Waals surface area contributed by atoms with Crippen molar-refractivity contribution in [2.75, 3.05) is 13.1 Å². The lowest BCUT2D eigenvalue weighted by atomic mass is 10.1. The molecule has 0 aromatic rings. The van der Waals surface area contributed by atoms with Crippen LogP contribution in [0.3, 0.4) is 0 Å². The molecule has 0 unspecified atom stereocenters. The van der Waals surface area contributed by atoms with Crippen LogP contribution < -0.4 is 11.1 Å². The zero-order valence-electron chi connectivity index (χ0n) is 7.66. The van der Waals surface area contributed by atoms with Crippen molar-refractivity contribution >= 4 is 30.8 Å². The van der Waals surface area contributed by atoms with Crippen molar-refractivity contribution in [3.63, 3.8) is 0 Å². The van der Waals surface area contributed by atoms with Crippen LogP contribution in [0.1, 0.15) is 19.8 Å². The largest absolute Gasteiger partial charge is 0.480 e. The maximum Gasteiger partial charge on any atom is 0.320 e. The Labute approximate surface area is 91.1 Å². The number of halogens is 2. The minimum Gasteiger partial charge on any atom is -0.480 e. The van der Waals surface area contributed by atoms with E-state index in [0.717, 1.165) is 6.42 Å². The summed E-state index contributed by atoms with van der Waals surface area (Å²) < 4.78 is 0. The van der Waals surface area contributed by atoms with Crippen molar-refractivity contribution in [3.05, 3.63) is 0 Å². The van der Waals surface area contributed by atoms with E-state index in [1.54, 1.807) is 0 Å². The van der Waals surface area contributed by atoms with E-state index < -0.39 is 12.0 Å². The highest BCUT2D eigenvalue weighted by Gasteiger charge is 2.13. The van der Waals surface area contributed by atoms with Crippen LogP contribution in [-0.2, 0) is 4.79 Å². The molecule has 13 heavy (non-hydrogen) atoms. The molecule has 0 saturated heterocycles.